The molecule has 0 spiro atoms. The molecule has 0 heterocycles. The number of hydrogen-bond acceptors (Lipinski definition) is 4. The van der Waals surface area contributed by atoms with Crippen molar-refractivity contribution >= 4 is 11.8 Å². The van der Waals surface area contributed by atoms with Crippen LogP contribution in [-0.2, 0) is 0 Å². The van der Waals surface area contributed by atoms with Crippen molar-refractivity contribution in [1.29, 1.82) is 0 Å². The third-order valence-corrected chi connectivity index (χ3v) is 5.52. The van der Waals surface area contributed by atoms with Crippen LogP contribution in [0, 0.1) is 0 Å². The molecule has 2 amide bonds. The molecule has 6 nitrogen and oxygen atoms in total. The van der Waals surface area contributed by atoms with Gasteiger partial charge in [0.15, 0.2) is 0 Å². The van der Waals surface area contributed by atoms with Gasteiger partial charge in [-0.05, 0) is 35.4 Å². The van der Waals surface area contributed by atoms with Gasteiger partial charge in [-0.15, -0.1) is 0 Å². The van der Waals surface area contributed by atoms with Crippen LogP contribution in [0.2, 0.25) is 0 Å². The lowest BCUT2D eigenvalue weighted by atomic mass is 9.92. The van der Waals surface area contributed by atoms with E-state index in [1.807, 2.05) is 88.4 Å². The van der Waals surface area contributed by atoms with Crippen molar-refractivity contribution in [2.24, 2.45) is 0 Å². The SMILES string of the molecule is CC.CC.O=C(NC(c1ccccc1)[C@@H](NC(=O)c1ccccc1O)c1ccccc1)c1ccccc1O. The molecule has 1 unspecified atom stereocenters. The summed E-state index contributed by atoms with van der Waals surface area (Å²) in [6, 6.07) is 29.8. The first-order chi connectivity index (χ1) is 18.5. The van der Waals surface area contributed by atoms with Gasteiger partial charge in [-0.1, -0.05) is 113 Å². The number of carbonyl (C=O) groups excluding carboxylic acids is 2. The van der Waals surface area contributed by atoms with Crippen molar-refractivity contribution in [3.63, 3.8) is 0 Å². The van der Waals surface area contributed by atoms with Crippen LogP contribution in [0.4, 0.5) is 0 Å². The van der Waals surface area contributed by atoms with Crippen LogP contribution in [0.15, 0.2) is 109 Å². The molecule has 0 fully saturated rings. The Balaban J connectivity index is 0.00000121. The maximum absolute atomic E-state index is 13.2. The minimum atomic E-state index is -0.675. The molecule has 6 heteroatoms. The quantitative estimate of drug-likeness (QED) is 0.219. The molecule has 0 aliphatic rings. The monoisotopic (exact) mass is 512 g/mol. The van der Waals surface area contributed by atoms with Gasteiger partial charge in [0.1, 0.15) is 11.5 Å². The molecule has 198 valence electrons. The number of amides is 2. The number of aromatic hydroxyl groups is 2. The fourth-order valence-electron chi connectivity index (χ4n) is 3.81. The van der Waals surface area contributed by atoms with Gasteiger partial charge in [0, 0.05) is 0 Å². The summed E-state index contributed by atoms with van der Waals surface area (Å²) in [5.41, 5.74) is 1.78. The smallest absolute Gasteiger partial charge is 0.255 e. The van der Waals surface area contributed by atoms with Gasteiger partial charge in [-0.2, -0.15) is 0 Å². The van der Waals surface area contributed by atoms with E-state index in [2.05, 4.69) is 10.6 Å². The van der Waals surface area contributed by atoms with Gasteiger partial charge in [-0.25, -0.2) is 0 Å². The Kier molecular flexibility index (Phi) is 12.1. The van der Waals surface area contributed by atoms with E-state index in [0.717, 1.165) is 11.1 Å². The molecule has 0 bridgehead atoms. The van der Waals surface area contributed by atoms with Crippen LogP contribution >= 0.6 is 0 Å². The largest absolute Gasteiger partial charge is 0.507 e. The predicted octanol–water partition coefficient (Wildman–Crippen LogP) is 6.79. The molecule has 2 atom stereocenters. The summed E-state index contributed by atoms with van der Waals surface area (Å²) < 4.78 is 0. The second kappa shape index (κ2) is 15.5. The van der Waals surface area contributed by atoms with Crippen molar-refractivity contribution in [3.8, 4) is 11.5 Å². The van der Waals surface area contributed by atoms with Gasteiger partial charge in [0.05, 0.1) is 23.2 Å². The van der Waals surface area contributed by atoms with Gasteiger partial charge >= 0.3 is 0 Å². The lowest BCUT2D eigenvalue weighted by Gasteiger charge is -2.30. The molecular weight excluding hydrogens is 476 g/mol. The van der Waals surface area contributed by atoms with Crippen LogP contribution in [-0.4, -0.2) is 22.0 Å². The third-order valence-electron chi connectivity index (χ3n) is 5.52. The molecule has 4 aromatic rings. The topological polar surface area (TPSA) is 98.7 Å². The molecule has 0 saturated carbocycles. The summed E-state index contributed by atoms with van der Waals surface area (Å²) in [5, 5.41) is 26.3. The number of hydrogen-bond donors (Lipinski definition) is 4. The number of para-hydroxylation sites is 2. The minimum Gasteiger partial charge on any atom is -0.507 e. The molecule has 0 aromatic heterocycles. The lowest BCUT2D eigenvalue weighted by molar-refractivity contribution is 0.0878. The predicted molar refractivity (Wildman–Crippen MR) is 152 cm³/mol. The van der Waals surface area contributed by atoms with E-state index >= 15 is 0 Å². The second-order valence-electron chi connectivity index (χ2n) is 7.76. The van der Waals surface area contributed by atoms with Crippen LogP contribution in [0.5, 0.6) is 11.5 Å². The number of nitrogens with one attached hydrogen (secondary N) is 2. The Labute approximate surface area is 225 Å². The summed E-state index contributed by atoms with van der Waals surface area (Å²) in [4.78, 5) is 26.3. The molecule has 4 rings (SSSR count). The van der Waals surface area contributed by atoms with Crippen molar-refractivity contribution in [3.05, 3.63) is 131 Å². The zero-order valence-corrected chi connectivity index (χ0v) is 22.3. The van der Waals surface area contributed by atoms with Gasteiger partial charge in [-0.3, -0.25) is 9.59 Å². The Morgan fingerprint density at radius 1 is 0.500 bits per heavy atom. The molecule has 38 heavy (non-hydrogen) atoms. The third kappa shape index (κ3) is 7.71. The van der Waals surface area contributed by atoms with Gasteiger partial charge in [0.2, 0.25) is 0 Å². The average molecular weight is 513 g/mol. The van der Waals surface area contributed by atoms with E-state index < -0.39 is 23.9 Å². The van der Waals surface area contributed by atoms with E-state index in [4.69, 9.17) is 0 Å². The standard InChI is InChI=1S/C28H24N2O4.2C2H6/c31-23-17-9-7-15-21(23)27(33)29-25(19-11-3-1-4-12-19)26(20-13-5-2-6-14-20)30-28(34)22-16-8-10-18-24(22)32;2*1-2/h1-18,25-26,31-32H,(H,29,33)(H,30,34);2*1-2H3/t25-,26?;;/m0../s1. The minimum absolute atomic E-state index is 0.127. The fraction of sp³-hybridized carbons (Fsp3) is 0.188. The lowest BCUT2D eigenvalue weighted by Crippen LogP contribution is -2.40. The van der Waals surface area contributed by atoms with E-state index in [1.54, 1.807) is 24.3 Å². The number of benzene rings is 4. The molecule has 0 aliphatic carbocycles. The van der Waals surface area contributed by atoms with Crippen molar-refractivity contribution in [2.45, 2.75) is 39.8 Å². The molecule has 0 aliphatic heterocycles. The van der Waals surface area contributed by atoms with E-state index in [0.29, 0.717) is 0 Å². The highest BCUT2D eigenvalue weighted by Crippen LogP contribution is 2.31. The Bertz CT molecular complexity index is 1180. The Hall–Kier alpha value is -4.58. The Morgan fingerprint density at radius 2 is 0.789 bits per heavy atom. The van der Waals surface area contributed by atoms with Crippen molar-refractivity contribution in [2.75, 3.05) is 0 Å². The highest BCUT2D eigenvalue weighted by molar-refractivity contribution is 5.98. The summed E-state index contributed by atoms with van der Waals surface area (Å²) in [5.74, 6) is -1.24. The number of phenols is 2. The summed E-state index contributed by atoms with van der Waals surface area (Å²) in [6.45, 7) is 8.00. The molecule has 0 saturated heterocycles. The Morgan fingerprint density at radius 3 is 1.11 bits per heavy atom. The van der Waals surface area contributed by atoms with E-state index in [-0.39, 0.29) is 22.6 Å². The zero-order chi connectivity index (χ0) is 27.9. The van der Waals surface area contributed by atoms with Crippen molar-refractivity contribution < 1.29 is 19.8 Å². The van der Waals surface area contributed by atoms with Crippen LogP contribution < -0.4 is 10.6 Å². The van der Waals surface area contributed by atoms with Gasteiger partial charge < -0.3 is 20.8 Å². The zero-order valence-electron chi connectivity index (χ0n) is 22.3. The summed E-state index contributed by atoms with van der Waals surface area (Å²) >= 11 is 0. The first-order valence-corrected chi connectivity index (χ1v) is 12.8. The first kappa shape index (κ1) is 29.6. The molecule has 4 aromatic carbocycles. The summed E-state index contributed by atoms with van der Waals surface area (Å²) in [6.07, 6.45) is 0. The van der Waals surface area contributed by atoms with Gasteiger partial charge in [0.25, 0.3) is 11.8 Å². The fourth-order valence-corrected chi connectivity index (χ4v) is 3.81. The van der Waals surface area contributed by atoms with E-state index in [1.165, 1.54) is 24.3 Å². The summed E-state index contributed by atoms with van der Waals surface area (Å²) in [7, 11) is 0. The number of phenolic OH excluding ortho intramolecular Hbond substituents is 2. The van der Waals surface area contributed by atoms with Crippen LogP contribution in [0.1, 0.15) is 71.6 Å². The van der Waals surface area contributed by atoms with Crippen LogP contribution in [0.25, 0.3) is 0 Å². The van der Waals surface area contributed by atoms with E-state index in [9.17, 15) is 19.8 Å². The average Bonchev–Trinajstić information content (AvgIpc) is 2.98. The first-order valence-electron chi connectivity index (χ1n) is 12.8. The number of rotatable bonds is 7. The maximum atomic E-state index is 13.2. The molecular formula is C32H36N2O4. The molecule has 0 radical (unpaired) electrons. The van der Waals surface area contributed by atoms with Crippen molar-refractivity contribution in [1.82, 2.24) is 10.6 Å². The molecule has 4 N–H and O–H groups in total. The highest BCUT2D eigenvalue weighted by atomic mass is 16.3. The number of carbonyl (C=O) groups is 2. The maximum Gasteiger partial charge on any atom is 0.255 e. The normalized spacial score (nSPS) is 11.4. The second-order valence-corrected chi connectivity index (χ2v) is 7.76. The van der Waals surface area contributed by atoms with Crippen LogP contribution in [0.3, 0.4) is 0 Å². The highest BCUT2D eigenvalue weighted by Gasteiger charge is 2.29.